The minimum Gasteiger partial charge on any atom is -0.324 e. The second kappa shape index (κ2) is 6.94. The third-order valence-corrected chi connectivity index (χ3v) is 4.94. The van der Waals surface area contributed by atoms with E-state index in [1.165, 1.54) is 0 Å². The average molecular weight is 354 g/mol. The number of carbonyl (C=O) groups is 1. The molecule has 25 heavy (non-hydrogen) atoms. The first-order chi connectivity index (χ1) is 11.9. The van der Waals surface area contributed by atoms with Gasteiger partial charge in [0.05, 0.1) is 11.9 Å². The second-order valence-electron chi connectivity index (χ2n) is 5.68. The van der Waals surface area contributed by atoms with Crippen molar-refractivity contribution in [1.29, 1.82) is 0 Å². The minimum atomic E-state index is -3.58. The van der Waals surface area contributed by atoms with Crippen LogP contribution in [0.15, 0.2) is 72.8 Å². The summed E-state index contributed by atoms with van der Waals surface area (Å²) in [6, 6.07) is 21.9. The smallest absolute Gasteiger partial charge is 0.245 e. The number of hydrogen-bond donors (Lipinski definition) is 1. The normalized spacial score (nSPS) is 11.2. The lowest BCUT2D eigenvalue weighted by Gasteiger charge is -2.22. The summed E-state index contributed by atoms with van der Waals surface area (Å²) in [5.74, 6) is -0.398. The third-order valence-electron chi connectivity index (χ3n) is 3.80. The molecule has 3 rings (SSSR count). The van der Waals surface area contributed by atoms with Crippen molar-refractivity contribution in [2.24, 2.45) is 0 Å². The van der Waals surface area contributed by atoms with Crippen LogP contribution >= 0.6 is 0 Å². The van der Waals surface area contributed by atoms with E-state index in [0.29, 0.717) is 11.4 Å². The Hall–Kier alpha value is -2.86. The average Bonchev–Trinajstić information content (AvgIpc) is 2.60. The first-order valence-electron chi connectivity index (χ1n) is 7.75. The highest BCUT2D eigenvalue weighted by atomic mass is 32.2. The Morgan fingerprint density at radius 2 is 1.56 bits per heavy atom. The van der Waals surface area contributed by atoms with Crippen molar-refractivity contribution in [3.8, 4) is 0 Å². The molecule has 0 aromatic heterocycles. The van der Waals surface area contributed by atoms with Gasteiger partial charge >= 0.3 is 0 Å². The van der Waals surface area contributed by atoms with Crippen LogP contribution in [-0.4, -0.2) is 27.1 Å². The van der Waals surface area contributed by atoms with E-state index >= 15 is 0 Å². The van der Waals surface area contributed by atoms with Gasteiger partial charge in [-0.05, 0) is 23.6 Å². The summed E-state index contributed by atoms with van der Waals surface area (Å²) >= 11 is 0. The fourth-order valence-electron chi connectivity index (χ4n) is 2.65. The van der Waals surface area contributed by atoms with Crippen LogP contribution in [0.5, 0.6) is 0 Å². The monoisotopic (exact) mass is 354 g/mol. The molecule has 0 unspecified atom stereocenters. The number of nitrogens with zero attached hydrogens (tertiary/aromatic N) is 1. The predicted molar refractivity (Wildman–Crippen MR) is 101 cm³/mol. The molecule has 0 saturated carbocycles. The fraction of sp³-hybridized carbons (Fsp3) is 0.105. The van der Waals surface area contributed by atoms with E-state index in [-0.39, 0.29) is 6.54 Å². The third kappa shape index (κ3) is 3.97. The molecule has 3 aromatic carbocycles. The number of rotatable bonds is 5. The first kappa shape index (κ1) is 17.0. The van der Waals surface area contributed by atoms with E-state index in [4.69, 9.17) is 0 Å². The van der Waals surface area contributed by atoms with Crippen LogP contribution in [0.25, 0.3) is 10.8 Å². The van der Waals surface area contributed by atoms with Crippen molar-refractivity contribution in [3.05, 3.63) is 72.8 Å². The number of benzene rings is 3. The molecular weight excluding hydrogens is 336 g/mol. The van der Waals surface area contributed by atoms with Crippen LogP contribution in [-0.2, 0) is 14.8 Å². The topological polar surface area (TPSA) is 66.5 Å². The van der Waals surface area contributed by atoms with Crippen molar-refractivity contribution >= 4 is 38.1 Å². The van der Waals surface area contributed by atoms with E-state index < -0.39 is 15.9 Å². The molecule has 0 fully saturated rings. The maximum absolute atomic E-state index is 12.5. The lowest BCUT2D eigenvalue weighted by atomic mass is 10.1. The van der Waals surface area contributed by atoms with E-state index in [2.05, 4.69) is 5.32 Å². The van der Waals surface area contributed by atoms with Crippen molar-refractivity contribution in [1.82, 2.24) is 0 Å². The standard InChI is InChI=1S/C19H18N2O3S/c1-25(23,24)21(16-10-3-2-4-11-16)14-19(22)20-18-13-7-9-15-8-5-6-12-17(15)18/h2-13H,14H2,1H3,(H,20,22). The molecule has 5 nitrogen and oxygen atoms in total. The van der Waals surface area contributed by atoms with Crippen LogP contribution < -0.4 is 9.62 Å². The Labute approximate surface area is 146 Å². The molecule has 0 aliphatic carbocycles. The lowest BCUT2D eigenvalue weighted by Crippen LogP contribution is -2.37. The Bertz CT molecular complexity index is 996. The number of sulfonamides is 1. The van der Waals surface area contributed by atoms with E-state index in [9.17, 15) is 13.2 Å². The number of carbonyl (C=O) groups excluding carboxylic acids is 1. The first-order valence-corrected chi connectivity index (χ1v) is 9.60. The number of para-hydroxylation sites is 1. The Kier molecular flexibility index (Phi) is 4.72. The second-order valence-corrected chi connectivity index (χ2v) is 7.59. The molecule has 0 bridgehead atoms. The van der Waals surface area contributed by atoms with Gasteiger partial charge in [0.1, 0.15) is 6.54 Å². The van der Waals surface area contributed by atoms with Gasteiger partial charge in [0.2, 0.25) is 15.9 Å². The zero-order valence-electron chi connectivity index (χ0n) is 13.7. The highest BCUT2D eigenvalue weighted by molar-refractivity contribution is 7.92. The molecule has 3 aromatic rings. The molecule has 1 N–H and O–H groups in total. The maximum atomic E-state index is 12.5. The lowest BCUT2D eigenvalue weighted by molar-refractivity contribution is -0.114. The highest BCUT2D eigenvalue weighted by Crippen LogP contribution is 2.23. The Morgan fingerprint density at radius 3 is 2.28 bits per heavy atom. The highest BCUT2D eigenvalue weighted by Gasteiger charge is 2.20. The van der Waals surface area contributed by atoms with E-state index in [1.807, 2.05) is 36.4 Å². The zero-order valence-corrected chi connectivity index (χ0v) is 14.5. The molecule has 128 valence electrons. The maximum Gasteiger partial charge on any atom is 0.245 e. The number of hydrogen-bond acceptors (Lipinski definition) is 3. The van der Waals surface area contributed by atoms with Gasteiger partial charge in [0, 0.05) is 11.1 Å². The number of fused-ring (bicyclic) bond motifs is 1. The van der Waals surface area contributed by atoms with Crippen LogP contribution in [0.3, 0.4) is 0 Å². The minimum absolute atomic E-state index is 0.286. The molecule has 0 atom stereocenters. The molecule has 6 heteroatoms. The largest absolute Gasteiger partial charge is 0.324 e. The van der Waals surface area contributed by atoms with Crippen molar-refractivity contribution in [2.45, 2.75) is 0 Å². The van der Waals surface area contributed by atoms with Crippen LogP contribution in [0.1, 0.15) is 0 Å². The molecule has 1 amide bonds. The van der Waals surface area contributed by atoms with E-state index in [0.717, 1.165) is 21.3 Å². The summed E-state index contributed by atoms with van der Waals surface area (Å²) in [6.07, 6.45) is 1.09. The molecule has 0 radical (unpaired) electrons. The summed E-state index contributed by atoms with van der Waals surface area (Å²) < 4.78 is 25.2. The Balaban J connectivity index is 1.85. The number of nitrogens with one attached hydrogen (secondary N) is 1. The molecule has 0 saturated heterocycles. The van der Waals surface area contributed by atoms with E-state index in [1.54, 1.807) is 36.4 Å². The van der Waals surface area contributed by atoms with Crippen LogP contribution in [0, 0.1) is 0 Å². The van der Waals surface area contributed by atoms with Gasteiger partial charge in [-0.2, -0.15) is 0 Å². The van der Waals surface area contributed by atoms with Gasteiger partial charge in [-0.3, -0.25) is 9.10 Å². The van der Waals surface area contributed by atoms with Gasteiger partial charge in [-0.1, -0.05) is 54.6 Å². The zero-order chi connectivity index (χ0) is 17.9. The van der Waals surface area contributed by atoms with Gasteiger partial charge in [-0.25, -0.2) is 8.42 Å². The summed E-state index contributed by atoms with van der Waals surface area (Å²) in [4.78, 5) is 12.5. The molecule has 0 heterocycles. The molecule has 0 aliphatic rings. The van der Waals surface area contributed by atoms with Gasteiger partial charge < -0.3 is 5.32 Å². The van der Waals surface area contributed by atoms with Crippen LogP contribution in [0.4, 0.5) is 11.4 Å². The number of amides is 1. The summed E-state index contributed by atoms with van der Waals surface area (Å²) in [6.45, 7) is -0.286. The van der Waals surface area contributed by atoms with Crippen molar-refractivity contribution < 1.29 is 13.2 Å². The SMILES string of the molecule is CS(=O)(=O)N(CC(=O)Nc1cccc2ccccc12)c1ccccc1. The van der Waals surface area contributed by atoms with Gasteiger partial charge in [0.15, 0.2) is 0 Å². The molecule has 0 spiro atoms. The predicted octanol–water partition coefficient (Wildman–Crippen LogP) is 3.24. The van der Waals surface area contributed by atoms with Crippen LogP contribution in [0.2, 0.25) is 0 Å². The fourth-order valence-corrected chi connectivity index (χ4v) is 3.51. The summed E-state index contributed by atoms with van der Waals surface area (Å²) in [5.41, 5.74) is 1.11. The van der Waals surface area contributed by atoms with Gasteiger partial charge in [0.25, 0.3) is 0 Å². The van der Waals surface area contributed by atoms with Gasteiger partial charge in [-0.15, -0.1) is 0 Å². The Morgan fingerprint density at radius 1 is 0.920 bits per heavy atom. The van der Waals surface area contributed by atoms with Crippen molar-refractivity contribution in [3.63, 3.8) is 0 Å². The molecular formula is C19H18N2O3S. The quantitative estimate of drug-likeness (QED) is 0.765. The summed E-state index contributed by atoms with van der Waals surface area (Å²) in [5, 5.41) is 4.72. The molecule has 0 aliphatic heterocycles. The summed E-state index contributed by atoms with van der Waals surface area (Å²) in [7, 11) is -3.58. The van der Waals surface area contributed by atoms with Crippen molar-refractivity contribution in [2.75, 3.05) is 22.4 Å². The number of anilines is 2.